The molecular weight excluding hydrogens is 353 g/mol. The summed E-state index contributed by atoms with van der Waals surface area (Å²) in [7, 11) is 0. The number of pyridine rings is 1. The molecule has 0 saturated carbocycles. The van der Waals surface area contributed by atoms with E-state index in [1.54, 1.807) is 18.5 Å². The van der Waals surface area contributed by atoms with Gasteiger partial charge in [-0.3, -0.25) is 4.98 Å². The first kappa shape index (κ1) is 12.4. The van der Waals surface area contributed by atoms with E-state index in [1.807, 2.05) is 18.2 Å². The van der Waals surface area contributed by atoms with Crippen LogP contribution in [0.15, 0.2) is 36.7 Å². The Morgan fingerprint density at radius 2 is 2.16 bits per heavy atom. The first-order valence-electron chi connectivity index (χ1n) is 6.00. The fraction of sp³-hybridized carbons (Fsp3) is 0.143. The number of benzene rings is 1. The molecule has 19 heavy (non-hydrogen) atoms. The average Bonchev–Trinajstić information content (AvgIpc) is 2.80. The zero-order chi connectivity index (χ0) is 13.4. The molecule has 4 nitrogen and oxygen atoms in total. The smallest absolute Gasteiger partial charge is 0.141 e. The molecule has 0 saturated heterocycles. The molecule has 0 amide bonds. The molecule has 0 aliphatic heterocycles. The predicted octanol–water partition coefficient (Wildman–Crippen LogP) is 3.43. The summed E-state index contributed by atoms with van der Waals surface area (Å²) in [6.45, 7) is 2.90. The average molecular weight is 365 g/mol. The number of phenolic OH excluding ortho intramolecular Hbond substituents is 1. The van der Waals surface area contributed by atoms with E-state index in [-0.39, 0.29) is 5.75 Å². The molecule has 2 heterocycles. The van der Waals surface area contributed by atoms with Crippen molar-refractivity contribution in [3.8, 4) is 17.1 Å². The lowest BCUT2D eigenvalue weighted by Crippen LogP contribution is -1.97. The highest BCUT2D eigenvalue weighted by atomic mass is 127. The number of phenols is 1. The van der Waals surface area contributed by atoms with Crippen LogP contribution in [-0.4, -0.2) is 19.6 Å². The molecule has 2 aromatic heterocycles. The van der Waals surface area contributed by atoms with Crippen LogP contribution in [-0.2, 0) is 6.54 Å². The van der Waals surface area contributed by atoms with E-state index >= 15 is 0 Å². The number of hydrogen-bond donors (Lipinski definition) is 1. The molecule has 1 N–H and O–H groups in total. The third-order valence-electron chi connectivity index (χ3n) is 3.07. The highest BCUT2D eigenvalue weighted by molar-refractivity contribution is 14.1. The van der Waals surface area contributed by atoms with Gasteiger partial charge in [0.25, 0.3) is 0 Å². The van der Waals surface area contributed by atoms with E-state index in [4.69, 9.17) is 0 Å². The van der Waals surface area contributed by atoms with Gasteiger partial charge in [-0.1, -0.05) is 0 Å². The predicted molar refractivity (Wildman–Crippen MR) is 83.0 cm³/mol. The standard InChI is InChI=1S/C14H12IN3O/c1-2-18-12-5-6-16-8-11(12)17-14(18)9-3-4-10(15)13(19)7-9/h3-8,19H,2H2,1H3. The monoisotopic (exact) mass is 365 g/mol. The molecule has 0 bridgehead atoms. The van der Waals surface area contributed by atoms with Gasteiger partial charge in [0.15, 0.2) is 0 Å². The molecule has 0 fully saturated rings. The van der Waals surface area contributed by atoms with E-state index < -0.39 is 0 Å². The van der Waals surface area contributed by atoms with Gasteiger partial charge in [-0.2, -0.15) is 0 Å². The van der Waals surface area contributed by atoms with Crippen molar-refractivity contribution in [3.63, 3.8) is 0 Å². The van der Waals surface area contributed by atoms with Crippen molar-refractivity contribution in [2.75, 3.05) is 0 Å². The van der Waals surface area contributed by atoms with Crippen LogP contribution in [0.25, 0.3) is 22.4 Å². The number of imidazole rings is 1. The van der Waals surface area contributed by atoms with Gasteiger partial charge in [0.05, 0.1) is 15.3 Å². The van der Waals surface area contributed by atoms with Gasteiger partial charge >= 0.3 is 0 Å². The number of halogens is 1. The quantitative estimate of drug-likeness (QED) is 0.708. The molecule has 1 aromatic carbocycles. The first-order valence-corrected chi connectivity index (χ1v) is 7.07. The summed E-state index contributed by atoms with van der Waals surface area (Å²) in [6, 6.07) is 7.58. The van der Waals surface area contributed by atoms with Crippen LogP contribution in [0.5, 0.6) is 5.75 Å². The van der Waals surface area contributed by atoms with Gasteiger partial charge < -0.3 is 9.67 Å². The number of aromatic nitrogens is 3. The molecule has 0 atom stereocenters. The van der Waals surface area contributed by atoms with Crippen LogP contribution in [0.3, 0.4) is 0 Å². The van der Waals surface area contributed by atoms with E-state index in [0.29, 0.717) is 0 Å². The minimum absolute atomic E-state index is 0.283. The zero-order valence-electron chi connectivity index (χ0n) is 10.3. The molecule has 3 rings (SSSR count). The maximum absolute atomic E-state index is 9.84. The maximum atomic E-state index is 9.84. The van der Waals surface area contributed by atoms with Crippen molar-refractivity contribution in [1.82, 2.24) is 14.5 Å². The van der Waals surface area contributed by atoms with Gasteiger partial charge in [-0.25, -0.2) is 4.98 Å². The number of hydrogen-bond acceptors (Lipinski definition) is 3. The summed E-state index contributed by atoms with van der Waals surface area (Å²) in [4.78, 5) is 8.71. The molecule has 0 aliphatic rings. The van der Waals surface area contributed by atoms with Crippen molar-refractivity contribution >= 4 is 33.6 Å². The molecule has 0 spiro atoms. The van der Waals surface area contributed by atoms with Gasteiger partial charge in [-0.15, -0.1) is 0 Å². The van der Waals surface area contributed by atoms with E-state index in [0.717, 1.165) is 32.5 Å². The number of rotatable bonds is 2. The Bertz CT molecular complexity index is 752. The minimum atomic E-state index is 0.283. The minimum Gasteiger partial charge on any atom is -0.507 e. The fourth-order valence-electron chi connectivity index (χ4n) is 2.17. The van der Waals surface area contributed by atoms with Crippen LogP contribution in [0.2, 0.25) is 0 Å². The summed E-state index contributed by atoms with van der Waals surface area (Å²) in [5.41, 5.74) is 2.85. The van der Waals surface area contributed by atoms with Crippen molar-refractivity contribution < 1.29 is 5.11 Å². The van der Waals surface area contributed by atoms with Crippen molar-refractivity contribution in [3.05, 3.63) is 40.2 Å². The van der Waals surface area contributed by atoms with Crippen LogP contribution >= 0.6 is 22.6 Å². The highest BCUT2D eigenvalue weighted by Crippen LogP contribution is 2.29. The van der Waals surface area contributed by atoms with Gasteiger partial charge in [-0.05, 0) is 53.8 Å². The van der Waals surface area contributed by atoms with Crippen LogP contribution in [0.1, 0.15) is 6.92 Å². The highest BCUT2D eigenvalue weighted by Gasteiger charge is 2.12. The molecular formula is C14H12IN3O. The van der Waals surface area contributed by atoms with Gasteiger partial charge in [0.1, 0.15) is 17.1 Å². The fourth-order valence-corrected chi connectivity index (χ4v) is 2.51. The third kappa shape index (κ3) is 2.07. The van der Waals surface area contributed by atoms with Crippen molar-refractivity contribution in [1.29, 1.82) is 0 Å². The molecule has 0 radical (unpaired) electrons. The van der Waals surface area contributed by atoms with E-state index in [1.165, 1.54) is 0 Å². The van der Waals surface area contributed by atoms with Gasteiger partial charge in [0, 0.05) is 18.3 Å². The Balaban J connectivity index is 2.26. The van der Waals surface area contributed by atoms with E-state index in [9.17, 15) is 5.11 Å². The molecule has 5 heteroatoms. The second-order valence-corrected chi connectivity index (χ2v) is 5.37. The third-order valence-corrected chi connectivity index (χ3v) is 3.98. The maximum Gasteiger partial charge on any atom is 0.141 e. The zero-order valence-corrected chi connectivity index (χ0v) is 12.5. The lowest BCUT2D eigenvalue weighted by Gasteiger charge is -2.07. The molecule has 0 aliphatic carbocycles. The Morgan fingerprint density at radius 3 is 2.89 bits per heavy atom. The molecule has 96 valence electrons. The molecule has 0 unspecified atom stereocenters. The van der Waals surface area contributed by atoms with Crippen molar-refractivity contribution in [2.24, 2.45) is 0 Å². The second-order valence-electron chi connectivity index (χ2n) is 4.21. The topological polar surface area (TPSA) is 50.9 Å². The first-order chi connectivity index (χ1) is 9.20. The number of fused-ring (bicyclic) bond motifs is 1. The Kier molecular flexibility index (Phi) is 3.14. The molecule has 3 aromatic rings. The van der Waals surface area contributed by atoms with Crippen LogP contribution in [0.4, 0.5) is 0 Å². The summed E-state index contributed by atoms with van der Waals surface area (Å²) in [5.74, 6) is 1.14. The van der Waals surface area contributed by atoms with E-state index in [2.05, 4.69) is 44.0 Å². The summed E-state index contributed by atoms with van der Waals surface area (Å²) >= 11 is 2.11. The lowest BCUT2D eigenvalue weighted by atomic mass is 10.2. The second kappa shape index (κ2) is 4.80. The van der Waals surface area contributed by atoms with Crippen molar-refractivity contribution in [2.45, 2.75) is 13.5 Å². The van der Waals surface area contributed by atoms with Crippen LogP contribution < -0.4 is 0 Å². The Hall–Kier alpha value is -1.63. The normalized spacial score (nSPS) is 11.1. The summed E-state index contributed by atoms with van der Waals surface area (Å²) < 4.78 is 2.96. The largest absolute Gasteiger partial charge is 0.507 e. The summed E-state index contributed by atoms with van der Waals surface area (Å²) in [5, 5.41) is 9.84. The Morgan fingerprint density at radius 1 is 1.32 bits per heavy atom. The lowest BCUT2D eigenvalue weighted by molar-refractivity contribution is 0.471. The Labute approximate surface area is 124 Å². The van der Waals surface area contributed by atoms with Gasteiger partial charge in [0.2, 0.25) is 0 Å². The number of nitrogens with zero attached hydrogens (tertiary/aromatic N) is 3. The van der Waals surface area contributed by atoms with Crippen LogP contribution in [0, 0.1) is 3.57 Å². The number of aryl methyl sites for hydroxylation is 1. The number of aromatic hydroxyl groups is 1. The summed E-state index contributed by atoms with van der Waals surface area (Å²) in [6.07, 6.45) is 3.53. The SMILES string of the molecule is CCn1c(-c2ccc(I)c(O)c2)nc2cnccc21.